The first kappa shape index (κ1) is 18.5. The predicted octanol–water partition coefficient (Wildman–Crippen LogP) is 5.85. The molecule has 0 unspecified atom stereocenters. The number of halogens is 3. The van der Waals surface area contributed by atoms with Gasteiger partial charge in [-0.1, -0.05) is 35.3 Å². The fourth-order valence-corrected chi connectivity index (χ4v) is 3.46. The van der Waals surface area contributed by atoms with Gasteiger partial charge in [0.15, 0.2) is 0 Å². The van der Waals surface area contributed by atoms with E-state index < -0.39 is 5.82 Å². The molecule has 4 aromatic rings. The molecule has 7 heteroatoms. The molecule has 0 bridgehead atoms. The molecular weight excluding hydrogens is 400 g/mol. The van der Waals surface area contributed by atoms with Gasteiger partial charge in [-0.2, -0.15) is 0 Å². The molecule has 4 nitrogen and oxygen atoms in total. The summed E-state index contributed by atoms with van der Waals surface area (Å²) in [7, 11) is 0. The standard InChI is InChI=1S/C21H14Cl2FN3O/c22-16-5-2-6-17(23)15(16)11-20-26-18-8-7-12(9-19(18)27-20)21(28)25-14-4-1-3-13(24)10-14/h1-10H,11H2,(H,25,28)(H,26,27). The highest BCUT2D eigenvalue weighted by molar-refractivity contribution is 6.36. The lowest BCUT2D eigenvalue weighted by molar-refractivity contribution is 0.102. The van der Waals surface area contributed by atoms with Crippen LogP contribution in [-0.2, 0) is 6.42 Å². The largest absolute Gasteiger partial charge is 0.342 e. The van der Waals surface area contributed by atoms with Crippen LogP contribution in [0.5, 0.6) is 0 Å². The van der Waals surface area contributed by atoms with Crippen molar-refractivity contribution in [3.8, 4) is 0 Å². The van der Waals surface area contributed by atoms with Crippen molar-refractivity contribution in [2.45, 2.75) is 6.42 Å². The zero-order valence-corrected chi connectivity index (χ0v) is 16.0. The van der Waals surface area contributed by atoms with Crippen molar-refractivity contribution >= 4 is 45.8 Å². The number of hydrogen-bond donors (Lipinski definition) is 2. The number of imidazole rings is 1. The fourth-order valence-electron chi connectivity index (χ4n) is 2.93. The van der Waals surface area contributed by atoms with Crippen molar-refractivity contribution in [2.75, 3.05) is 5.32 Å². The van der Waals surface area contributed by atoms with Gasteiger partial charge >= 0.3 is 0 Å². The molecule has 3 aromatic carbocycles. The second kappa shape index (κ2) is 7.62. The van der Waals surface area contributed by atoms with Crippen LogP contribution in [0.1, 0.15) is 21.7 Å². The third kappa shape index (κ3) is 3.86. The first-order chi connectivity index (χ1) is 13.5. The summed E-state index contributed by atoms with van der Waals surface area (Å²) in [4.78, 5) is 20.2. The average Bonchev–Trinajstić information content (AvgIpc) is 3.06. The highest BCUT2D eigenvalue weighted by Gasteiger charge is 2.12. The molecule has 1 heterocycles. The Labute approximate surface area is 170 Å². The zero-order chi connectivity index (χ0) is 19.7. The highest BCUT2D eigenvalue weighted by Crippen LogP contribution is 2.27. The molecule has 0 aliphatic heterocycles. The van der Waals surface area contributed by atoms with Gasteiger partial charge in [0, 0.05) is 27.7 Å². The number of carbonyl (C=O) groups excluding carboxylic acids is 1. The van der Waals surface area contributed by atoms with Crippen LogP contribution in [0.3, 0.4) is 0 Å². The third-order valence-electron chi connectivity index (χ3n) is 4.28. The summed E-state index contributed by atoms with van der Waals surface area (Å²) < 4.78 is 13.3. The highest BCUT2D eigenvalue weighted by atomic mass is 35.5. The molecule has 0 aliphatic rings. The molecular formula is C21H14Cl2FN3O. The SMILES string of the molecule is O=C(Nc1cccc(F)c1)c1ccc2nc(Cc3c(Cl)cccc3Cl)[nH]c2c1. The monoisotopic (exact) mass is 413 g/mol. The van der Waals surface area contributed by atoms with E-state index in [-0.39, 0.29) is 5.91 Å². The molecule has 4 rings (SSSR count). The summed E-state index contributed by atoms with van der Waals surface area (Å²) in [6.45, 7) is 0. The number of amides is 1. The number of hydrogen-bond acceptors (Lipinski definition) is 2. The van der Waals surface area contributed by atoms with Gasteiger partial charge in [-0.3, -0.25) is 4.79 Å². The van der Waals surface area contributed by atoms with E-state index >= 15 is 0 Å². The third-order valence-corrected chi connectivity index (χ3v) is 4.99. The van der Waals surface area contributed by atoms with Crippen molar-refractivity contribution in [2.24, 2.45) is 0 Å². The zero-order valence-electron chi connectivity index (χ0n) is 14.5. The summed E-state index contributed by atoms with van der Waals surface area (Å²) in [5, 5.41) is 3.82. The Bertz CT molecular complexity index is 1170. The number of anilines is 1. The molecule has 0 saturated heterocycles. The number of rotatable bonds is 4. The number of fused-ring (bicyclic) bond motifs is 1. The number of aromatic amines is 1. The van der Waals surface area contributed by atoms with Crippen molar-refractivity contribution in [3.63, 3.8) is 0 Å². The minimum Gasteiger partial charge on any atom is -0.342 e. The number of benzene rings is 3. The summed E-state index contributed by atoms with van der Waals surface area (Å²) >= 11 is 12.5. The first-order valence-electron chi connectivity index (χ1n) is 8.48. The van der Waals surface area contributed by atoms with Crippen LogP contribution in [0, 0.1) is 5.82 Å². The Balaban J connectivity index is 1.58. The van der Waals surface area contributed by atoms with E-state index in [1.54, 1.807) is 42.5 Å². The van der Waals surface area contributed by atoms with Gasteiger partial charge in [-0.15, -0.1) is 0 Å². The van der Waals surface area contributed by atoms with Crippen LogP contribution in [0.2, 0.25) is 10.0 Å². The quantitative estimate of drug-likeness (QED) is 0.440. The molecule has 28 heavy (non-hydrogen) atoms. The van der Waals surface area contributed by atoms with Crippen molar-refractivity contribution in [1.29, 1.82) is 0 Å². The van der Waals surface area contributed by atoms with Crippen LogP contribution in [0.4, 0.5) is 10.1 Å². The van der Waals surface area contributed by atoms with Crippen molar-refractivity contribution in [1.82, 2.24) is 9.97 Å². The molecule has 1 aromatic heterocycles. The average molecular weight is 414 g/mol. The Morgan fingerprint density at radius 1 is 1.04 bits per heavy atom. The second-order valence-corrected chi connectivity index (χ2v) is 7.07. The van der Waals surface area contributed by atoms with E-state index in [0.717, 1.165) is 11.1 Å². The van der Waals surface area contributed by atoms with Crippen molar-refractivity contribution in [3.05, 3.63) is 93.5 Å². The summed E-state index contributed by atoms with van der Waals surface area (Å²) in [6, 6.07) is 16.2. The Morgan fingerprint density at radius 3 is 2.54 bits per heavy atom. The van der Waals surface area contributed by atoms with Gasteiger partial charge in [-0.05, 0) is 54.1 Å². The van der Waals surface area contributed by atoms with E-state index in [2.05, 4.69) is 15.3 Å². The molecule has 1 amide bonds. The number of nitrogens with one attached hydrogen (secondary N) is 2. The van der Waals surface area contributed by atoms with Gasteiger partial charge in [0.1, 0.15) is 11.6 Å². The number of carbonyl (C=O) groups is 1. The molecule has 0 aliphatic carbocycles. The lowest BCUT2D eigenvalue weighted by atomic mass is 10.1. The van der Waals surface area contributed by atoms with E-state index in [4.69, 9.17) is 23.2 Å². The van der Waals surface area contributed by atoms with E-state index in [0.29, 0.717) is 39.1 Å². The number of aromatic nitrogens is 2. The summed E-state index contributed by atoms with van der Waals surface area (Å²) in [5.74, 6) is -0.0600. The van der Waals surface area contributed by atoms with Crippen LogP contribution in [-0.4, -0.2) is 15.9 Å². The predicted molar refractivity (Wildman–Crippen MR) is 110 cm³/mol. The van der Waals surface area contributed by atoms with Crippen LogP contribution >= 0.6 is 23.2 Å². The van der Waals surface area contributed by atoms with Crippen LogP contribution < -0.4 is 5.32 Å². The number of nitrogens with zero attached hydrogens (tertiary/aromatic N) is 1. The molecule has 0 atom stereocenters. The minimum atomic E-state index is -0.412. The van der Waals surface area contributed by atoms with Gasteiger partial charge < -0.3 is 10.3 Å². The van der Waals surface area contributed by atoms with E-state index in [1.165, 1.54) is 18.2 Å². The van der Waals surface area contributed by atoms with Gasteiger partial charge in [0.05, 0.1) is 11.0 Å². The van der Waals surface area contributed by atoms with Gasteiger partial charge in [0.2, 0.25) is 0 Å². The molecule has 0 radical (unpaired) electrons. The molecule has 0 spiro atoms. The maximum atomic E-state index is 13.3. The van der Waals surface area contributed by atoms with Crippen LogP contribution in [0.15, 0.2) is 60.7 Å². The fraction of sp³-hybridized carbons (Fsp3) is 0.0476. The Morgan fingerprint density at radius 2 is 1.79 bits per heavy atom. The maximum absolute atomic E-state index is 13.3. The summed E-state index contributed by atoms with van der Waals surface area (Å²) in [6.07, 6.45) is 0.442. The smallest absolute Gasteiger partial charge is 0.255 e. The first-order valence-corrected chi connectivity index (χ1v) is 9.23. The Kier molecular flexibility index (Phi) is 5.03. The van der Waals surface area contributed by atoms with Crippen LogP contribution in [0.25, 0.3) is 11.0 Å². The van der Waals surface area contributed by atoms with Gasteiger partial charge in [0.25, 0.3) is 5.91 Å². The maximum Gasteiger partial charge on any atom is 0.255 e. The molecule has 0 saturated carbocycles. The lowest BCUT2D eigenvalue weighted by Gasteiger charge is -2.05. The molecule has 0 fully saturated rings. The Hall–Kier alpha value is -2.89. The summed E-state index contributed by atoms with van der Waals surface area (Å²) in [5.41, 5.74) is 3.05. The van der Waals surface area contributed by atoms with E-state index in [9.17, 15) is 9.18 Å². The van der Waals surface area contributed by atoms with Crippen molar-refractivity contribution < 1.29 is 9.18 Å². The van der Waals surface area contributed by atoms with E-state index in [1.807, 2.05) is 0 Å². The normalized spacial score (nSPS) is 11.0. The second-order valence-electron chi connectivity index (χ2n) is 6.26. The minimum absolute atomic E-state index is 0.335. The topological polar surface area (TPSA) is 57.8 Å². The molecule has 140 valence electrons. The van der Waals surface area contributed by atoms with Gasteiger partial charge in [-0.25, -0.2) is 9.37 Å². The molecule has 2 N–H and O–H groups in total. The lowest BCUT2D eigenvalue weighted by Crippen LogP contribution is -2.11. The number of H-pyrrole nitrogens is 1.